The van der Waals surface area contributed by atoms with Gasteiger partial charge in [0.1, 0.15) is 0 Å². The van der Waals surface area contributed by atoms with E-state index in [1.54, 1.807) is 0 Å². The minimum absolute atomic E-state index is 0.244. The number of nitriles is 1. The highest BCUT2D eigenvalue weighted by Crippen LogP contribution is 2.44. The maximum Gasteiger partial charge on any atom is 0.0845 e. The summed E-state index contributed by atoms with van der Waals surface area (Å²) in [7, 11) is 0. The molecule has 1 saturated heterocycles. The molecule has 1 saturated carbocycles. The lowest BCUT2D eigenvalue weighted by Gasteiger charge is -2.38. The molecule has 0 radical (unpaired) electrons. The quantitative estimate of drug-likeness (QED) is 0.660. The summed E-state index contributed by atoms with van der Waals surface area (Å²) >= 11 is 0. The number of ether oxygens (including phenoxy) is 1. The van der Waals surface area contributed by atoms with Gasteiger partial charge in [0, 0.05) is 18.8 Å². The van der Waals surface area contributed by atoms with Crippen LogP contribution >= 0.6 is 0 Å². The van der Waals surface area contributed by atoms with Gasteiger partial charge >= 0.3 is 0 Å². The zero-order valence-electron chi connectivity index (χ0n) is 7.88. The molecule has 3 nitrogen and oxygen atoms in total. The third-order valence-electron chi connectivity index (χ3n) is 3.26. The van der Waals surface area contributed by atoms with Gasteiger partial charge in [-0.05, 0) is 31.6 Å². The van der Waals surface area contributed by atoms with Crippen molar-refractivity contribution >= 4 is 0 Å². The third-order valence-corrected chi connectivity index (χ3v) is 3.26. The maximum atomic E-state index is 8.57. The molecule has 3 heteroatoms. The second kappa shape index (κ2) is 3.65. The fraction of sp³-hybridized carbons (Fsp3) is 0.900. The molecule has 0 aromatic heterocycles. The lowest BCUT2D eigenvalue weighted by Crippen LogP contribution is -2.51. The van der Waals surface area contributed by atoms with Crippen LogP contribution in [-0.2, 0) is 4.74 Å². The number of rotatable bonds is 3. The molecule has 72 valence electrons. The molecule has 0 amide bonds. The van der Waals surface area contributed by atoms with Crippen molar-refractivity contribution in [2.45, 2.75) is 31.2 Å². The molecule has 1 heterocycles. The zero-order chi connectivity index (χ0) is 9.15. The molecule has 0 spiro atoms. The first-order valence-electron chi connectivity index (χ1n) is 5.07. The Bertz CT molecular complexity index is 211. The summed E-state index contributed by atoms with van der Waals surface area (Å²) in [5.41, 5.74) is 0.244. The van der Waals surface area contributed by atoms with Gasteiger partial charge in [0.05, 0.1) is 12.6 Å². The first-order chi connectivity index (χ1) is 6.37. The average Bonchev–Trinajstić information content (AvgIpc) is 3.00. The van der Waals surface area contributed by atoms with Crippen molar-refractivity contribution in [3.63, 3.8) is 0 Å². The van der Waals surface area contributed by atoms with Gasteiger partial charge in [-0.15, -0.1) is 0 Å². The maximum absolute atomic E-state index is 8.57. The van der Waals surface area contributed by atoms with Gasteiger partial charge in [-0.1, -0.05) is 0 Å². The Morgan fingerprint density at radius 1 is 1.38 bits per heavy atom. The van der Waals surface area contributed by atoms with Crippen LogP contribution in [0.4, 0.5) is 0 Å². The average molecular weight is 180 g/mol. The van der Waals surface area contributed by atoms with Crippen molar-refractivity contribution in [2.75, 3.05) is 19.8 Å². The summed E-state index contributed by atoms with van der Waals surface area (Å²) in [6, 6.07) is 2.17. The Balaban J connectivity index is 1.96. The normalized spacial score (nSPS) is 26.7. The lowest BCUT2D eigenvalue weighted by molar-refractivity contribution is 0.0305. The topological polar surface area (TPSA) is 45.0 Å². The van der Waals surface area contributed by atoms with Crippen molar-refractivity contribution in [1.82, 2.24) is 5.32 Å². The van der Waals surface area contributed by atoms with Crippen LogP contribution in [0.3, 0.4) is 0 Å². The van der Waals surface area contributed by atoms with Crippen LogP contribution < -0.4 is 5.32 Å². The van der Waals surface area contributed by atoms with Crippen LogP contribution in [0.5, 0.6) is 0 Å². The van der Waals surface area contributed by atoms with Crippen LogP contribution in [0, 0.1) is 17.2 Å². The molecule has 2 fully saturated rings. The molecule has 0 unspecified atom stereocenters. The Morgan fingerprint density at radius 2 is 2.08 bits per heavy atom. The fourth-order valence-corrected chi connectivity index (χ4v) is 2.32. The van der Waals surface area contributed by atoms with Crippen LogP contribution in [0.1, 0.15) is 25.7 Å². The highest BCUT2D eigenvalue weighted by Gasteiger charge is 2.45. The molecule has 0 aromatic rings. The monoisotopic (exact) mass is 180 g/mol. The predicted octanol–water partition coefficient (Wildman–Crippen LogP) is 1.06. The van der Waals surface area contributed by atoms with E-state index in [9.17, 15) is 0 Å². The molecule has 2 rings (SSSR count). The van der Waals surface area contributed by atoms with E-state index in [4.69, 9.17) is 10.00 Å². The van der Waals surface area contributed by atoms with E-state index in [0.717, 1.165) is 32.0 Å². The lowest BCUT2D eigenvalue weighted by atomic mass is 9.85. The van der Waals surface area contributed by atoms with Gasteiger partial charge in [-0.25, -0.2) is 0 Å². The van der Waals surface area contributed by atoms with Gasteiger partial charge in [0.2, 0.25) is 0 Å². The van der Waals surface area contributed by atoms with Gasteiger partial charge in [-0.3, -0.25) is 5.32 Å². The summed E-state index contributed by atoms with van der Waals surface area (Å²) in [6.45, 7) is 2.19. The Hall–Kier alpha value is -0.590. The number of nitrogens with one attached hydrogen (secondary N) is 1. The van der Waals surface area contributed by atoms with Crippen molar-refractivity contribution in [2.24, 2.45) is 5.92 Å². The second-order valence-corrected chi connectivity index (χ2v) is 4.05. The van der Waals surface area contributed by atoms with Crippen molar-refractivity contribution in [3.8, 4) is 6.07 Å². The predicted molar refractivity (Wildman–Crippen MR) is 49.1 cm³/mol. The molecule has 0 atom stereocenters. The molecule has 2 aliphatic rings. The number of nitrogens with zero attached hydrogens (tertiary/aromatic N) is 1. The van der Waals surface area contributed by atoms with E-state index in [1.165, 1.54) is 12.8 Å². The van der Waals surface area contributed by atoms with Gasteiger partial charge < -0.3 is 4.74 Å². The van der Waals surface area contributed by atoms with Crippen LogP contribution in [-0.4, -0.2) is 25.3 Å². The van der Waals surface area contributed by atoms with Crippen LogP contribution in [0.2, 0.25) is 0 Å². The smallest absolute Gasteiger partial charge is 0.0845 e. The van der Waals surface area contributed by atoms with E-state index in [-0.39, 0.29) is 5.54 Å². The molecule has 1 aliphatic carbocycles. The van der Waals surface area contributed by atoms with Gasteiger partial charge in [0.15, 0.2) is 0 Å². The fourth-order valence-electron chi connectivity index (χ4n) is 2.32. The van der Waals surface area contributed by atoms with E-state index < -0.39 is 0 Å². The summed E-state index contributed by atoms with van der Waals surface area (Å²) in [5, 5.41) is 12.0. The standard InChI is InChI=1S/C10H16N2O/c11-5-6-12-10(9-1-2-9)3-7-13-8-4-10/h9,12H,1-4,6-8H2. The Morgan fingerprint density at radius 3 is 2.62 bits per heavy atom. The minimum Gasteiger partial charge on any atom is -0.381 e. The summed E-state index contributed by atoms with van der Waals surface area (Å²) < 4.78 is 5.36. The number of hydrogen-bond donors (Lipinski definition) is 1. The van der Waals surface area contributed by atoms with Crippen LogP contribution in [0.15, 0.2) is 0 Å². The summed E-state index contributed by atoms with van der Waals surface area (Å²) in [4.78, 5) is 0. The van der Waals surface area contributed by atoms with Crippen molar-refractivity contribution in [3.05, 3.63) is 0 Å². The first-order valence-corrected chi connectivity index (χ1v) is 5.07. The van der Waals surface area contributed by atoms with Crippen LogP contribution in [0.25, 0.3) is 0 Å². The van der Waals surface area contributed by atoms with E-state index >= 15 is 0 Å². The minimum atomic E-state index is 0.244. The molecule has 13 heavy (non-hydrogen) atoms. The van der Waals surface area contributed by atoms with E-state index in [1.807, 2.05) is 0 Å². The highest BCUT2D eigenvalue weighted by atomic mass is 16.5. The molecular formula is C10H16N2O. The molecular weight excluding hydrogens is 164 g/mol. The number of hydrogen-bond acceptors (Lipinski definition) is 3. The van der Waals surface area contributed by atoms with Crippen molar-refractivity contribution in [1.29, 1.82) is 5.26 Å². The molecule has 0 bridgehead atoms. The molecule has 1 N–H and O–H groups in total. The summed E-state index contributed by atoms with van der Waals surface area (Å²) in [5.74, 6) is 0.810. The van der Waals surface area contributed by atoms with Gasteiger partial charge in [0.25, 0.3) is 0 Å². The largest absolute Gasteiger partial charge is 0.381 e. The zero-order valence-corrected chi connectivity index (χ0v) is 7.88. The first kappa shape index (κ1) is 8.98. The second-order valence-electron chi connectivity index (χ2n) is 4.05. The summed E-state index contributed by atoms with van der Waals surface area (Å²) in [6.07, 6.45) is 4.83. The Labute approximate surface area is 79.1 Å². The highest BCUT2D eigenvalue weighted by molar-refractivity contribution is 5.03. The third kappa shape index (κ3) is 1.84. The van der Waals surface area contributed by atoms with Gasteiger partial charge in [-0.2, -0.15) is 5.26 Å². The SMILES string of the molecule is N#CCNC1(C2CC2)CCOCC1. The Kier molecular flexibility index (Phi) is 2.52. The van der Waals surface area contributed by atoms with E-state index in [2.05, 4.69) is 11.4 Å². The molecule has 0 aromatic carbocycles. The molecule has 1 aliphatic heterocycles. The van der Waals surface area contributed by atoms with E-state index in [0.29, 0.717) is 6.54 Å². The van der Waals surface area contributed by atoms with Crippen molar-refractivity contribution < 1.29 is 4.74 Å².